The number of aliphatic hydroxyl groups excluding tert-OH is 2. The Labute approximate surface area is 199 Å². The predicted octanol–water partition coefficient (Wildman–Crippen LogP) is 2.98. The second kappa shape index (κ2) is 6.66. The van der Waals surface area contributed by atoms with E-state index in [1.165, 1.54) is 16.7 Å². The molecule has 1 saturated heterocycles. The minimum absolute atomic E-state index is 0.0362. The van der Waals surface area contributed by atoms with Gasteiger partial charge in [-0.2, -0.15) is 15.4 Å². The number of nitrogens with zero attached hydrogens (tertiary/aromatic N) is 3. The lowest BCUT2D eigenvalue weighted by Gasteiger charge is -2.55. The molecule has 3 heterocycles. The van der Waals surface area contributed by atoms with Gasteiger partial charge < -0.3 is 19.8 Å². The molecule has 2 aliphatic heterocycles. The van der Waals surface area contributed by atoms with Crippen LogP contribution in [0.1, 0.15) is 44.6 Å². The van der Waals surface area contributed by atoms with Crippen LogP contribution in [0.3, 0.4) is 0 Å². The number of likely N-dealkylation sites (N-methyl/N-ethyl adjacent to an activating group) is 1. The molecule has 178 valence electrons. The van der Waals surface area contributed by atoms with Crippen molar-refractivity contribution in [3.8, 4) is 0 Å². The molecule has 3 N–H and O–H groups in total. The molecule has 7 atom stereocenters. The molecule has 7 heteroatoms. The highest BCUT2D eigenvalue weighted by molar-refractivity contribution is 5.82. The molecule has 34 heavy (non-hydrogen) atoms. The number of aromatic nitrogens is 3. The van der Waals surface area contributed by atoms with E-state index in [4.69, 9.17) is 4.74 Å². The number of nitrogens with one attached hydrogen (secondary N) is 1. The molecule has 5 aliphatic rings. The highest BCUT2D eigenvalue weighted by Crippen LogP contribution is 2.67. The summed E-state index contributed by atoms with van der Waals surface area (Å²) in [5.41, 5.74) is 5.57. The Kier molecular flexibility index (Phi) is 4.12. The van der Waals surface area contributed by atoms with Gasteiger partial charge in [0.05, 0.1) is 17.3 Å². The molecule has 7 unspecified atom stereocenters. The van der Waals surface area contributed by atoms with E-state index in [-0.39, 0.29) is 17.1 Å². The van der Waals surface area contributed by atoms with Crippen molar-refractivity contribution in [1.82, 2.24) is 20.3 Å². The summed E-state index contributed by atoms with van der Waals surface area (Å²) in [7, 11) is 3.95. The van der Waals surface area contributed by atoms with Gasteiger partial charge in [-0.1, -0.05) is 31.2 Å². The lowest BCUT2D eigenvalue weighted by atomic mass is 9.58. The van der Waals surface area contributed by atoms with Crippen LogP contribution < -0.4 is 0 Å². The smallest absolute Gasteiger partial charge is 0.113 e. The first-order valence-electron chi connectivity index (χ1n) is 12.4. The summed E-state index contributed by atoms with van der Waals surface area (Å²) in [4.78, 5) is 2.03. The molecule has 2 aromatic rings. The van der Waals surface area contributed by atoms with Crippen LogP contribution in [0.25, 0.3) is 16.6 Å². The molecule has 3 aliphatic carbocycles. The largest absolute Gasteiger partial charge is 0.388 e. The van der Waals surface area contributed by atoms with Gasteiger partial charge in [0, 0.05) is 17.4 Å². The third kappa shape index (κ3) is 2.46. The van der Waals surface area contributed by atoms with Gasteiger partial charge in [0.2, 0.25) is 0 Å². The zero-order valence-corrected chi connectivity index (χ0v) is 20.0. The highest BCUT2D eigenvalue weighted by Gasteiger charge is 2.67. The number of rotatable bonds is 2. The van der Waals surface area contributed by atoms with Gasteiger partial charge in [0.1, 0.15) is 17.1 Å². The Hall–Kier alpha value is -2.32. The number of allylic oxidation sites excluding steroid dienone is 3. The summed E-state index contributed by atoms with van der Waals surface area (Å²) in [6.45, 7) is 2.39. The topological polar surface area (TPSA) is 94.5 Å². The van der Waals surface area contributed by atoms with Gasteiger partial charge in [-0.25, -0.2) is 0 Å². The zero-order chi connectivity index (χ0) is 23.5. The van der Waals surface area contributed by atoms with Crippen LogP contribution in [0.5, 0.6) is 0 Å². The number of hydrogen-bond donors (Lipinski definition) is 3. The monoisotopic (exact) mass is 460 g/mol. The van der Waals surface area contributed by atoms with E-state index in [2.05, 4.69) is 52.7 Å². The molecule has 7 nitrogen and oxygen atoms in total. The van der Waals surface area contributed by atoms with Gasteiger partial charge >= 0.3 is 0 Å². The van der Waals surface area contributed by atoms with Crippen LogP contribution in [0.15, 0.2) is 47.6 Å². The maximum absolute atomic E-state index is 11.1. The molecule has 7 rings (SSSR count). The van der Waals surface area contributed by atoms with E-state index in [0.29, 0.717) is 12.3 Å². The van der Waals surface area contributed by atoms with Gasteiger partial charge in [-0.15, -0.1) is 0 Å². The molecule has 0 radical (unpaired) electrons. The Morgan fingerprint density at radius 2 is 1.94 bits per heavy atom. The zero-order valence-electron chi connectivity index (χ0n) is 20.0. The van der Waals surface area contributed by atoms with Gasteiger partial charge in [0.15, 0.2) is 0 Å². The number of aliphatic hydroxyl groups is 2. The third-order valence-electron chi connectivity index (χ3n) is 9.72. The van der Waals surface area contributed by atoms with E-state index in [1.807, 2.05) is 25.1 Å². The van der Waals surface area contributed by atoms with Crippen LogP contribution in [-0.2, 0) is 4.74 Å². The summed E-state index contributed by atoms with van der Waals surface area (Å²) >= 11 is 0. The van der Waals surface area contributed by atoms with E-state index >= 15 is 0 Å². The van der Waals surface area contributed by atoms with Gasteiger partial charge in [-0.3, -0.25) is 0 Å². The minimum Gasteiger partial charge on any atom is -0.388 e. The minimum atomic E-state index is -0.891. The molecular weight excluding hydrogens is 428 g/mol. The number of aromatic amines is 1. The maximum atomic E-state index is 11.1. The van der Waals surface area contributed by atoms with Crippen LogP contribution in [-0.4, -0.2) is 74.1 Å². The number of hydrogen-bond acceptors (Lipinski definition) is 6. The molecular formula is C27H32N4O3. The Bertz CT molecular complexity index is 1290. The lowest BCUT2D eigenvalue weighted by Crippen LogP contribution is -2.61. The molecule has 1 aromatic heterocycles. The van der Waals surface area contributed by atoms with Crippen LogP contribution >= 0.6 is 0 Å². The fourth-order valence-electron chi connectivity index (χ4n) is 7.95. The molecule has 1 saturated carbocycles. The summed E-state index contributed by atoms with van der Waals surface area (Å²) in [6.07, 6.45) is 9.69. The SMILES string of the molecule is CN(C)C1CC23CCC4(O2)C(=CCC2(C)C(c5ccc6n[nH]nc6c5)=CCC24)C=C3C(O)C1O. The van der Waals surface area contributed by atoms with Crippen molar-refractivity contribution in [3.05, 3.63) is 53.1 Å². The molecule has 2 spiro atoms. The van der Waals surface area contributed by atoms with Crippen LogP contribution in [0, 0.1) is 11.3 Å². The Morgan fingerprint density at radius 3 is 2.76 bits per heavy atom. The number of ether oxygens (including phenoxy) is 1. The predicted molar refractivity (Wildman–Crippen MR) is 129 cm³/mol. The summed E-state index contributed by atoms with van der Waals surface area (Å²) in [5, 5.41) is 33.2. The van der Waals surface area contributed by atoms with Crippen molar-refractivity contribution in [1.29, 1.82) is 0 Å². The fourth-order valence-corrected chi connectivity index (χ4v) is 7.95. The summed E-state index contributed by atoms with van der Waals surface area (Å²) < 4.78 is 7.21. The standard InChI is InChI=1S/C27H32N4O3/c1-25-9-8-16-13-18-23(32)24(33)21(31(2)3)14-26(18)10-11-27(16,34-26)22(25)7-5-17(25)15-4-6-19-20(12-15)29-30-28-19/h4-6,8,12-13,21-24,32-33H,7,9-11,14H2,1-3H3,(H,28,29,30). The normalized spacial score (nSPS) is 42.7. The fraction of sp³-hybridized carbons (Fsp3) is 0.556. The van der Waals surface area contributed by atoms with Crippen LogP contribution in [0.4, 0.5) is 0 Å². The second-order valence-electron chi connectivity index (χ2n) is 11.5. The third-order valence-corrected chi connectivity index (χ3v) is 9.72. The first kappa shape index (κ1) is 21.0. The van der Waals surface area contributed by atoms with E-state index in [0.717, 1.165) is 42.3 Å². The lowest BCUT2D eigenvalue weighted by molar-refractivity contribution is -0.161. The second-order valence-corrected chi connectivity index (χ2v) is 11.5. The summed E-state index contributed by atoms with van der Waals surface area (Å²) in [5.74, 6) is 0.335. The van der Waals surface area contributed by atoms with Crippen molar-refractivity contribution in [3.63, 3.8) is 0 Å². The average Bonchev–Trinajstić information content (AvgIpc) is 3.50. The molecule has 0 amide bonds. The average molecular weight is 461 g/mol. The number of H-pyrrole nitrogens is 1. The molecule has 2 fully saturated rings. The van der Waals surface area contributed by atoms with Crippen molar-refractivity contribution in [2.45, 2.75) is 68.5 Å². The van der Waals surface area contributed by atoms with Gasteiger partial charge in [0.25, 0.3) is 0 Å². The maximum Gasteiger partial charge on any atom is 0.113 e. The number of fused-ring (bicyclic) bond motifs is 2. The van der Waals surface area contributed by atoms with E-state index < -0.39 is 17.8 Å². The Morgan fingerprint density at radius 1 is 1.12 bits per heavy atom. The van der Waals surface area contributed by atoms with Gasteiger partial charge in [-0.05, 0) is 80.6 Å². The Balaban J connectivity index is 1.30. The quantitative estimate of drug-likeness (QED) is 0.638. The van der Waals surface area contributed by atoms with Crippen LogP contribution in [0.2, 0.25) is 0 Å². The highest BCUT2D eigenvalue weighted by atomic mass is 16.5. The number of benzene rings is 1. The molecule has 2 bridgehead atoms. The van der Waals surface area contributed by atoms with Crippen molar-refractivity contribution in [2.24, 2.45) is 11.3 Å². The van der Waals surface area contributed by atoms with E-state index in [9.17, 15) is 10.2 Å². The first-order valence-corrected chi connectivity index (χ1v) is 12.4. The van der Waals surface area contributed by atoms with Crippen molar-refractivity contribution < 1.29 is 14.9 Å². The molecule has 1 aromatic carbocycles. The van der Waals surface area contributed by atoms with E-state index in [1.54, 1.807) is 0 Å². The first-order chi connectivity index (χ1) is 16.3. The van der Waals surface area contributed by atoms with Crippen molar-refractivity contribution in [2.75, 3.05) is 14.1 Å². The van der Waals surface area contributed by atoms with Crippen molar-refractivity contribution >= 4 is 16.6 Å². The summed E-state index contributed by atoms with van der Waals surface area (Å²) in [6, 6.07) is 6.22.